The van der Waals surface area contributed by atoms with E-state index in [0.29, 0.717) is 18.5 Å². The molecule has 10 nitrogen and oxygen atoms in total. The largest absolute Gasteiger partial charge is 0.480 e. The van der Waals surface area contributed by atoms with E-state index in [1.807, 2.05) is 50.2 Å². The predicted molar refractivity (Wildman–Crippen MR) is 166 cm³/mol. The van der Waals surface area contributed by atoms with Crippen LogP contribution in [0.15, 0.2) is 84.9 Å². The number of fused-ring (bicyclic) bond motifs is 1. The monoisotopic (exact) mass is 598 g/mol. The molecule has 3 atom stereocenters. The zero-order chi connectivity index (χ0) is 31.6. The zero-order valence-corrected chi connectivity index (χ0v) is 24.9. The number of carbonyl (C=O) groups excluding carboxylic acids is 4. The number of amides is 4. The first kappa shape index (κ1) is 32.1. The van der Waals surface area contributed by atoms with E-state index in [4.69, 9.17) is 0 Å². The Balaban J connectivity index is 1.49. The summed E-state index contributed by atoms with van der Waals surface area (Å²) in [5.41, 5.74) is 2.12. The summed E-state index contributed by atoms with van der Waals surface area (Å²) < 4.78 is 0. The van der Waals surface area contributed by atoms with Crippen molar-refractivity contribution < 1.29 is 29.1 Å². The maximum absolute atomic E-state index is 13.7. The second-order valence-corrected chi connectivity index (χ2v) is 11.3. The number of hydrogen-bond donors (Lipinski definition) is 4. The first-order chi connectivity index (χ1) is 21.1. The van der Waals surface area contributed by atoms with Crippen molar-refractivity contribution in [2.24, 2.45) is 5.92 Å². The Labute approximate surface area is 256 Å². The van der Waals surface area contributed by atoms with Crippen LogP contribution in [-0.2, 0) is 20.8 Å². The number of nitrogens with zero attached hydrogens (tertiary/aromatic N) is 1. The lowest BCUT2D eigenvalue weighted by atomic mass is 10.00. The van der Waals surface area contributed by atoms with Crippen LogP contribution in [0.25, 0.3) is 0 Å². The molecule has 1 heterocycles. The van der Waals surface area contributed by atoms with Gasteiger partial charge in [0.05, 0.1) is 17.2 Å². The lowest BCUT2D eigenvalue weighted by Gasteiger charge is -2.27. The summed E-state index contributed by atoms with van der Waals surface area (Å²) in [5.74, 6) is -2.98. The van der Waals surface area contributed by atoms with Crippen LogP contribution >= 0.6 is 0 Å². The second kappa shape index (κ2) is 15.1. The van der Waals surface area contributed by atoms with Crippen molar-refractivity contribution in [3.8, 4) is 0 Å². The minimum absolute atomic E-state index is 0.0870. The maximum atomic E-state index is 13.7. The van der Waals surface area contributed by atoms with Crippen LogP contribution in [0, 0.1) is 5.92 Å². The highest BCUT2D eigenvalue weighted by molar-refractivity contribution is 6.21. The summed E-state index contributed by atoms with van der Waals surface area (Å²) in [7, 11) is 0. The molecule has 0 radical (unpaired) electrons. The van der Waals surface area contributed by atoms with Crippen molar-refractivity contribution in [2.75, 3.05) is 11.9 Å². The number of anilines is 1. The van der Waals surface area contributed by atoms with Gasteiger partial charge in [0, 0.05) is 12.2 Å². The lowest BCUT2D eigenvalue weighted by molar-refractivity contribution is -0.140. The number of hydrogen-bond acceptors (Lipinski definition) is 6. The van der Waals surface area contributed by atoms with Gasteiger partial charge in [-0.25, -0.2) is 0 Å². The Morgan fingerprint density at radius 1 is 0.727 bits per heavy atom. The fraction of sp³-hybridized carbons (Fsp3) is 0.324. The summed E-state index contributed by atoms with van der Waals surface area (Å²) in [5, 5.41) is 18.7. The molecule has 3 aromatic carbocycles. The average molecular weight is 599 g/mol. The van der Waals surface area contributed by atoms with E-state index in [2.05, 4.69) is 16.0 Å². The van der Waals surface area contributed by atoms with Crippen LogP contribution in [-0.4, -0.2) is 64.3 Å². The number of aliphatic carboxylic acids is 1. The Morgan fingerprint density at radius 3 is 1.86 bits per heavy atom. The number of para-hydroxylation sites is 1. The van der Waals surface area contributed by atoms with Gasteiger partial charge in [0.2, 0.25) is 11.8 Å². The highest BCUT2D eigenvalue weighted by Crippen LogP contribution is 2.23. The Kier molecular flexibility index (Phi) is 11.0. The zero-order valence-electron chi connectivity index (χ0n) is 24.9. The maximum Gasteiger partial charge on any atom is 0.320 e. The third-order valence-electron chi connectivity index (χ3n) is 7.48. The van der Waals surface area contributed by atoms with Crippen molar-refractivity contribution >= 4 is 35.3 Å². The van der Waals surface area contributed by atoms with Crippen molar-refractivity contribution in [1.82, 2.24) is 15.5 Å². The Hall–Kier alpha value is -4.83. The molecule has 0 aromatic heterocycles. The molecule has 1 aliphatic rings. The first-order valence-electron chi connectivity index (χ1n) is 14.8. The number of benzene rings is 3. The molecule has 0 spiro atoms. The lowest BCUT2D eigenvalue weighted by Crippen LogP contribution is -2.55. The number of aryl methyl sites for hydroxylation is 1. The molecule has 1 aliphatic heterocycles. The molecule has 4 N–H and O–H groups in total. The molecule has 0 saturated carbocycles. The summed E-state index contributed by atoms with van der Waals surface area (Å²) >= 11 is 0. The summed E-state index contributed by atoms with van der Waals surface area (Å²) in [6.07, 6.45) is 0.987. The smallest absolute Gasteiger partial charge is 0.320 e. The van der Waals surface area contributed by atoms with E-state index in [0.717, 1.165) is 10.5 Å². The number of carboxylic acid groups (broad SMARTS) is 1. The summed E-state index contributed by atoms with van der Waals surface area (Å²) in [6.45, 7) is 3.75. The third-order valence-corrected chi connectivity index (χ3v) is 7.48. The van der Waals surface area contributed by atoms with Crippen LogP contribution in [0.2, 0.25) is 0 Å². The quantitative estimate of drug-likeness (QED) is 0.194. The number of rotatable bonds is 15. The van der Waals surface area contributed by atoms with Crippen molar-refractivity contribution in [3.63, 3.8) is 0 Å². The molecule has 10 heteroatoms. The molecule has 4 amide bonds. The standard InChI is InChI=1S/C34H38N4O6/c1-22(2)21-29(31(40)35-24-13-7-4-8-14-24)37-30(39)27(18-17-23-11-5-3-6-12-23)36-28(34(43)44)19-20-38-32(41)25-15-9-10-16-26(25)33(38)42/h3-16,22,27-29,36H,17-21H2,1-2H3,(H,35,40)(H,37,39)(H,43,44)/t27-,28+,29-/m0/s1. The van der Waals surface area contributed by atoms with Gasteiger partial charge >= 0.3 is 5.97 Å². The van der Waals surface area contributed by atoms with Gasteiger partial charge in [-0.15, -0.1) is 0 Å². The topological polar surface area (TPSA) is 145 Å². The number of carboxylic acids is 1. The number of imide groups is 1. The van der Waals surface area contributed by atoms with Gasteiger partial charge in [0.15, 0.2) is 0 Å². The van der Waals surface area contributed by atoms with Gasteiger partial charge in [-0.1, -0.05) is 74.5 Å². The summed E-state index contributed by atoms with van der Waals surface area (Å²) in [4.78, 5) is 66.0. The number of nitrogens with one attached hydrogen (secondary N) is 3. The van der Waals surface area contributed by atoms with Gasteiger partial charge < -0.3 is 15.7 Å². The molecule has 0 aliphatic carbocycles. The molecule has 0 saturated heterocycles. The average Bonchev–Trinajstić information content (AvgIpc) is 3.25. The minimum Gasteiger partial charge on any atom is -0.480 e. The van der Waals surface area contributed by atoms with E-state index in [9.17, 15) is 29.1 Å². The molecular formula is C34H38N4O6. The fourth-order valence-corrected chi connectivity index (χ4v) is 5.19. The van der Waals surface area contributed by atoms with Crippen molar-refractivity contribution in [2.45, 2.75) is 57.7 Å². The third kappa shape index (κ3) is 8.38. The van der Waals surface area contributed by atoms with E-state index in [1.165, 1.54) is 0 Å². The minimum atomic E-state index is -1.24. The van der Waals surface area contributed by atoms with E-state index in [1.54, 1.807) is 48.5 Å². The number of carbonyl (C=O) groups is 5. The van der Waals surface area contributed by atoms with E-state index < -0.39 is 41.8 Å². The van der Waals surface area contributed by atoms with E-state index >= 15 is 0 Å². The molecule has 4 rings (SSSR count). The fourth-order valence-electron chi connectivity index (χ4n) is 5.19. The highest BCUT2D eigenvalue weighted by atomic mass is 16.4. The van der Waals surface area contributed by atoms with Gasteiger partial charge in [-0.05, 0) is 61.4 Å². The second-order valence-electron chi connectivity index (χ2n) is 11.3. The van der Waals surface area contributed by atoms with Crippen LogP contribution in [0.4, 0.5) is 5.69 Å². The summed E-state index contributed by atoms with van der Waals surface area (Å²) in [6, 6.07) is 21.8. The van der Waals surface area contributed by atoms with Crippen LogP contribution < -0.4 is 16.0 Å². The van der Waals surface area contributed by atoms with Gasteiger partial charge in [0.1, 0.15) is 12.1 Å². The molecule has 230 valence electrons. The van der Waals surface area contributed by atoms with Gasteiger partial charge in [-0.2, -0.15) is 0 Å². The van der Waals surface area contributed by atoms with Crippen LogP contribution in [0.1, 0.15) is 59.4 Å². The molecule has 44 heavy (non-hydrogen) atoms. The molecular weight excluding hydrogens is 560 g/mol. The van der Waals surface area contributed by atoms with Crippen molar-refractivity contribution in [1.29, 1.82) is 0 Å². The highest BCUT2D eigenvalue weighted by Gasteiger charge is 2.36. The normalized spacial score (nSPS) is 14.6. The van der Waals surface area contributed by atoms with Gasteiger partial charge in [0.25, 0.3) is 11.8 Å². The molecule has 0 fully saturated rings. The predicted octanol–water partition coefficient (Wildman–Crippen LogP) is 3.89. The van der Waals surface area contributed by atoms with Crippen LogP contribution in [0.5, 0.6) is 0 Å². The molecule has 0 unspecified atom stereocenters. The van der Waals surface area contributed by atoms with Gasteiger partial charge in [-0.3, -0.25) is 34.2 Å². The Morgan fingerprint density at radius 2 is 1.30 bits per heavy atom. The molecule has 0 bridgehead atoms. The van der Waals surface area contributed by atoms with Crippen LogP contribution in [0.3, 0.4) is 0 Å². The van der Waals surface area contributed by atoms with Crippen molar-refractivity contribution in [3.05, 3.63) is 102 Å². The SMILES string of the molecule is CC(C)C[C@H](NC(=O)[C@H](CCc1ccccc1)N[C@H](CCN1C(=O)c2ccccc2C1=O)C(=O)O)C(=O)Nc1ccccc1. The first-order valence-corrected chi connectivity index (χ1v) is 14.8. The Bertz CT molecular complexity index is 1440. The molecule has 3 aromatic rings. The van der Waals surface area contributed by atoms with E-state index in [-0.39, 0.29) is 42.3 Å².